The van der Waals surface area contributed by atoms with Gasteiger partial charge in [0.1, 0.15) is 5.75 Å². The highest BCUT2D eigenvalue weighted by Gasteiger charge is 2.26. The van der Waals surface area contributed by atoms with E-state index < -0.39 is 10.0 Å². The molecule has 146 valence electrons. The third-order valence-corrected chi connectivity index (χ3v) is 7.02. The van der Waals surface area contributed by atoms with Crippen molar-refractivity contribution in [3.63, 3.8) is 0 Å². The predicted octanol–water partition coefficient (Wildman–Crippen LogP) is 2.91. The Labute approximate surface area is 166 Å². The Kier molecular flexibility index (Phi) is 8.46. The lowest BCUT2D eigenvalue weighted by atomic mass is 10.2. The maximum absolute atomic E-state index is 12.9. The SMILES string of the molecule is COc1ccc(S(=O)(=O)N2CCCCC2)cc1NC(=S)NCCCSC. The Morgan fingerprint density at radius 1 is 1.31 bits per heavy atom. The average Bonchev–Trinajstić information content (AvgIpc) is 2.66. The van der Waals surface area contributed by atoms with Crippen LogP contribution < -0.4 is 15.4 Å². The quantitative estimate of drug-likeness (QED) is 0.498. The Morgan fingerprint density at radius 2 is 2.04 bits per heavy atom. The second kappa shape index (κ2) is 10.3. The molecule has 0 unspecified atom stereocenters. The lowest BCUT2D eigenvalue weighted by Crippen LogP contribution is -2.35. The molecule has 6 nitrogen and oxygen atoms in total. The first kappa shape index (κ1) is 21.3. The van der Waals surface area contributed by atoms with E-state index in [0.717, 1.165) is 38.0 Å². The molecule has 1 heterocycles. The normalized spacial score (nSPS) is 15.5. The number of methoxy groups -OCH3 is 1. The highest BCUT2D eigenvalue weighted by atomic mass is 32.2. The minimum Gasteiger partial charge on any atom is -0.495 e. The molecule has 0 radical (unpaired) electrons. The molecule has 0 aromatic heterocycles. The molecule has 1 aromatic rings. The number of thiocarbonyl (C=S) groups is 1. The first-order chi connectivity index (χ1) is 12.5. The van der Waals surface area contributed by atoms with Crippen molar-refractivity contribution in [3.05, 3.63) is 18.2 Å². The van der Waals surface area contributed by atoms with Gasteiger partial charge in [0, 0.05) is 19.6 Å². The van der Waals surface area contributed by atoms with E-state index in [9.17, 15) is 8.42 Å². The van der Waals surface area contributed by atoms with Crippen LogP contribution in [0.2, 0.25) is 0 Å². The predicted molar refractivity (Wildman–Crippen MR) is 113 cm³/mol. The maximum atomic E-state index is 12.9. The minimum absolute atomic E-state index is 0.257. The summed E-state index contributed by atoms with van der Waals surface area (Å²) in [4.78, 5) is 0.257. The number of ether oxygens (including phenoxy) is 1. The Hall–Kier alpha value is -1.03. The van der Waals surface area contributed by atoms with E-state index in [4.69, 9.17) is 17.0 Å². The lowest BCUT2D eigenvalue weighted by molar-refractivity contribution is 0.346. The fraction of sp³-hybridized carbons (Fsp3) is 0.588. The highest BCUT2D eigenvalue weighted by Crippen LogP contribution is 2.29. The number of piperidine rings is 1. The summed E-state index contributed by atoms with van der Waals surface area (Å²) in [5.41, 5.74) is 0.549. The average molecular weight is 418 g/mol. The van der Waals surface area contributed by atoms with E-state index in [1.807, 2.05) is 0 Å². The van der Waals surface area contributed by atoms with Crippen LogP contribution in [0.1, 0.15) is 25.7 Å². The monoisotopic (exact) mass is 417 g/mol. The summed E-state index contributed by atoms with van der Waals surface area (Å²) in [6.07, 6.45) is 5.96. The molecule has 0 spiro atoms. The van der Waals surface area contributed by atoms with Crippen LogP contribution in [-0.4, -0.2) is 56.6 Å². The number of sulfonamides is 1. The van der Waals surface area contributed by atoms with Crippen molar-refractivity contribution in [2.45, 2.75) is 30.6 Å². The summed E-state index contributed by atoms with van der Waals surface area (Å²) in [5, 5.41) is 6.65. The first-order valence-corrected chi connectivity index (χ1v) is 11.9. The van der Waals surface area contributed by atoms with Crippen molar-refractivity contribution in [3.8, 4) is 5.75 Å². The molecule has 1 fully saturated rings. The third kappa shape index (κ3) is 5.73. The number of nitrogens with zero attached hydrogens (tertiary/aromatic N) is 1. The zero-order chi connectivity index (χ0) is 19.0. The molecule has 0 amide bonds. The van der Waals surface area contributed by atoms with E-state index >= 15 is 0 Å². The van der Waals surface area contributed by atoms with Gasteiger partial charge in [-0.25, -0.2) is 8.42 Å². The molecule has 0 aliphatic carbocycles. The number of rotatable bonds is 8. The van der Waals surface area contributed by atoms with Gasteiger partial charge in [-0.3, -0.25) is 0 Å². The summed E-state index contributed by atoms with van der Waals surface area (Å²) in [6.45, 7) is 1.92. The van der Waals surface area contributed by atoms with Gasteiger partial charge in [0.05, 0.1) is 17.7 Å². The number of hydrogen-bond acceptors (Lipinski definition) is 5. The second-order valence-corrected chi connectivity index (χ2v) is 9.39. The molecule has 0 bridgehead atoms. The molecule has 2 N–H and O–H groups in total. The smallest absolute Gasteiger partial charge is 0.243 e. The summed E-state index contributed by atoms with van der Waals surface area (Å²) in [7, 11) is -1.95. The summed E-state index contributed by atoms with van der Waals surface area (Å²) < 4.78 is 32.6. The van der Waals surface area contributed by atoms with Crippen molar-refractivity contribution in [2.75, 3.05) is 44.1 Å². The number of thioether (sulfide) groups is 1. The number of anilines is 1. The van der Waals surface area contributed by atoms with E-state index in [0.29, 0.717) is 29.6 Å². The largest absolute Gasteiger partial charge is 0.495 e. The van der Waals surface area contributed by atoms with Crippen LogP contribution in [0.4, 0.5) is 5.69 Å². The molecule has 26 heavy (non-hydrogen) atoms. The van der Waals surface area contributed by atoms with Crippen molar-refractivity contribution in [2.24, 2.45) is 0 Å². The Bertz CT molecular complexity index is 704. The molecule has 2 rings (SSSR count). The summed E-state index contributed by atoms with van der Waals surface area (Å²) in [6, 6.07) is 4.84. The van der Waals surface area contributed by atoms with Crippen LogP contribution in [0.15, 0.2) is 23.1 Å². The van der Waals surface area contributed by atoms with Crippen LogP contribution in [-0.2, 0) is 10.0 Å². The lowest BCUT2D eigenvalue weighted by Gasteiger charge is -2.26. The van der Waals surface area contributed by atoms with Crippen molar-refractivity contribution in [1.29, 1.82) is 0 Å². The highest BCUT2D eigenvalue weighted by molar-refractivity contribution is 7.98. The topological polar surface area (TPSA) is 70.7 Å². The van der Waals surface area contributed by atoms with Crippen LogP contribution in [0.3, 0.4) is 0 Å². The Balaban J connectivity index is 2.13. The van der Waals surface area contributed by atoms with E-state index in [1.54, 1.807) is 41.4 Å². The summed E-state index contributed by atoms with van der Waals surface area (Å²) in [5.74, 6) is 1.61. The van der Waals surface area contributed by atoms with E-state index in [1.165, 1.54) is 0 Å². The van der Waals surface area contributed by atoms with Crippen molar-refractivity contribution < 1.29 is 13.2 Å². The number of nitrogens with one attached hydrogen (secondary N) is 2. The fourth-order valence-electron chi connectivity index (χ4n) is 2.78. The van der Waals surface area contributed by atoms with Gasteiger partial charge < -0.3 is 15.4 Å². The molecule has 9 heteroatoms. The second-order valence-electron chi connectivity index (χ2n) is 6.05. The molecule has 1 aliphatic rings. The van der Waals surface area contributed by atoms with Gasteiger partial charge in [0.15, 0.2) is 5.11 Å². The maximum Gasteiger partial charge on any atom is 0.243 e. The van der Waals surface area contributed by atoms with Crippen LogP contribution in [0.5, 0.6) is 5.75 Å². The van der Waals surface area contributed by atoms with Gasteiger partial charge >= 0.3 is 0 Å². The third-order valence-electron chi connectivity index (χ3n) is 4.18. The molecular weight excluding hydrogens is 390 g/mol. The van der Waals surface area contributed by atoms with Crippen LogP contribution >= 0.6 is 24.0 Å². The molecule has 1 aliphatic heterocycles. The standard InChI is InChI=1S/C17H27N3O3S3/c1-23-16-8-7-14(26(21,22)20-10-4-3-5-11-20)13-15(16)19-17(24)18-9-6-12-25-2/h7-8,13H,3-6,9-12H2,1-2H3,(H2,18,19,24). The van der Waals surface area contributed by atoms with Gasteiger partial charge in [-0.1, -0.05) is 6.42 Å². The van der Waals surface area contributed by atoms with Gasteiger partial charge in [-0.05, 0) is 61.7 Å². The van der Waals surface area contributed by atoms with Gasteiger partial charge in [-0.15, -0.1) is 0 Å². The molecular formula is C17H27N3O3S3. The van der Waals surface area contributed by atoms with Gasteiger partial charge in [0.2, 0.25) is 10.0 Å². The Morgan fingerprint density at radius 3 is 2.69 bits per heavy atom. The van der Waals surface area contributed by atoms with E-state index in [2.05, 4.69) is 16.9 Å². The molecule has 1 aromatic carbocycles. The molecule has 1 saturated heterocycles. The molecule has 0 atom stereocenters. The summed E-state index contributed by atoms with van der Waals surface area (Å²) >= 11 is 7.10. The van der Waals surface area contributed by atoms with Crippen molar-refractivity contribution in [1.82, 2.24) is 9.62 Å². The van der Waals surface area contributed by atoms with Gasteiger partial charge in [0.25, 0.3) is 0 Å². The zero-order valence-corrected chi connectivity index (χ0v) is 17.7. The number of benzene rings is 1. The van der Waals surface area contributed by atoms with Crippen molar-refractivity contribution >= 4 is 44.8 Å². The number of hydrogen-bond donors (Lipinski definition) is 2. The van der Waals surface area contributed by atoms with Crippen LogP contribution in [0, 0.1) is 0 Å². The minimum atomic E-state index is -3.50. The van der Waals surface area contributed by atoms with Gasteiger partial charge in [-0.2, -0.15) is 16.1 Å². The fourth-order valence-corrected chi connectivity index (χ4v) is 4.97. The first-order valence-electron chi connectivity index (χ1n) is 8.71. The van der Waals surface area contributed by atoms with E-state index in [-0.39, 0.29) is 4.90 Å². The van der Waals surface area contributed by atoms with Crippen LogP contribution in [0.25, 0.3) is 0 Å². The molecule has 0 saturated carbocycles. The zero-order valence-electron chi connectivity index (χ0n) is 15.3.